The number of carbonyl (C=O) groups is 9. The molecule has 1 saturated heterocycles. The predicted molar refractivity (Wildman–Crippen MR) is 293 cm³/mol. The van der Waals surface area contributed by atoms with Crippen LogP contribution in [0.3, 0.4) is 0 Å². The van der Waals surface area contributed by atoms with Crippen molar-refractivity contribution in [2.45, 2.75) is 136 Å². The average molecular weight is 1100 g/mol. The molecule has 2 aromatic carbocycles. The maximum atomic E-state index is 14.2. The maximum absolute atomic E-state index is 14.2. The third-order valence-corrected chi connectivity index (χ3v) is 14.7. The van der Waals surface area contributed by atoms with Crippen molar-refractivity contribution < 1.29 is 62.5 Å². The number of methoxy groups -OCH3 is 2. The van der Waals surface area contributed by atoms with E-state index in [1.807, 2.05) is 32.0 Å². The summed E-state index contributed by atoms with van der Waals surface area (Å²) >= 11 is 1.28. The molecule has 22 heteroatoms. The third kappa shape index (κ3) is 20.0. The lowest BCUT2D eigenvalue weighted by Gasteiger charge is -2.38. The fourth-order valence-corrected chi connectivity index (χ4v) is 10.2. The standard InChI is InChI=1S/C55H84N8O13S/c1-33(2)47(60-44(66)32-77-27-17-26-64)53(71)56-29-43(65)59-40-23-21-38(22-24-40)31-76-55(73)62(10)49(35(5)6)54(72)57-30-46(68)61(9)48(34(3)4)42(74-11)28-45(67)63-25-16-20-41(63)51(75-12)36(7)52(70)58-37(8)50(69)39-18-14-13-15-19-39/h13-15,18-19,21-24,26,33-37,41-42,47-51,69H,16-17,20,25,27-32H2,1-12H3,(H,56,71)(H,57,72)(H,58,70)(H,59,65)(H,60,66). The summed E-state index contributed by atoms with van der Waals surface area (Å²) in [6.07, 6.45) is -0.769. The Hall–Kier alpha value is -6.10. The van der Waals surface area contributed by atoms with Crippen LogP contribution in [0, 0.1) is 23.7 Å². The first-order valence-corrected chi connectivity index (χ1v) is 27.4. The van der Waals surface area contributed by atoms with Crippen molar-refractivity contribution in [2.24, 2.45) is 23.7 Å². The van der Waals surface area contributed by atoms with Crippen molar-refractivity contribution in [3.05, 3.63) is 65.7 Å². The second kappa shape index (κ2) is 32.6. The summed E-state index contributed by atoms with van der Waals surface area (Å²) in [4.78, 5) is 121. The molecule has 9 atom stereocenters. The lowest BCUT2D eigenvalue weighted by Crippen LogP contribution is -2.55. The molecule has 21 nitrogen and oxygen atoms in total. The van der Waals surface area contributed by atoms with Gasteiger partial charge in [0.25, 0.3) is 0 Å². The monoisotopic (exact) mass is 1100 g/mol. The Morgan fingerprint density at radius 1 is 0.779 bits per heavy atom. The van der Waals surface area contributed by atoms with Gasteiger partial charge in [-0.15, -0.1) is 0 Å². The minimum absolute atomic E-state index is 0.0724. The van der Waals surface area contributed by atoms with Gasteiger partial charge in [0, 0.05) is 52.7 Å². The highest BCUT2D eigenvalue weighted by Crippen LogP contribution is 2.29. The number of nitrogens with one attached hydrogen (secondary N) is 5. The Morgan fingerprint density at radius 3 is 2.01 bits per heavy atom. The zero-order valence-electron chi connectivity index (χ0n) is 46.9. The summed E-state index contributed by atoms with van der Waals surface area (Å²) in [5, 5.41) is 24.4. The van der Waals surface area contributed by atoms with Gasteiger partial charge in [0.15, 0.2) is 0 Å². The lowest BCUT2D eigenvalue weighted by molar-refractivity contribution is -0.145. The molecule has 0 aromatic heterocycles. The molecular formula is C55H84N8O13S. The number of likely N-dealkylation sites (N-methyl/N-ethyl adjacent to an activating group) is 2. The SMILES string of the molecule is COC(CC(=O)N1CCCC1C(OC)C(C)C(=O)NC(C)C(O)c1ccccc1)C(C(C)C)N(C)C(=O)CNC(=O)C(C(C)C)N(C)C(=O)OCc1ccc(NC(=O)CNC(=O)C(NC(=O)CSCCC=O)C(C)C)cc1. The topological polar surface area (TPSA) is 271 Å². The molecule has 0 aliphatic carbocycles. The van der Waals surface area contributed by atoms with Crippen LogP contribution in [-0.4, -0.2) is 175 Å². The highest BCUT2D eigenvalue weighted by molar-refractivity contribution is 7.99. The number of aldehydes is 1. The van der Waals surface area contributed by atoms with Crippen LogP contribution < -0.4 is 26.6 Å². The van der Waals surface area contributed by atoms with E-state index in [-0.39, 0.29) is 60.8 Å². The lowest BCUT2D eigenvalue weighted by atomic mass is 9.92. The van der Waals surface area contributed by atoms with Gasteiger partial charge >= 0.3 is 6.09 Å². The molecule has 2 aromatic rings. The molecule has 1 aliphatic heterocycles. The van der Waals surface area contributed by atoms with Gasteiger partial charge < -0.3 is 60.5 Å². The van der Waals surface area contributed by atoms with Crippen molar-refractivity contribution in [3.8, 4) is 0 Å². The molecule has 1 fully saturated rings. The summed E-state index contributed by atoms with van der Waals surface area (Å²) in [5.74, 6) is -3.87. The van der Waals surface area contributed by atoms with Crippen LogP contribution in [0.5, 0.6) is 0 Å². The predicted octanol–water partition coefficient (Wildman–Crippen LogP) is 3.68. The summed E-state index contributed by atoms with van der Waals surface area (Å²) in [6, 6.07) is 12.0. The Bertz CT molecular complexity index is 2250. The second-order valence-electron chi connectivity index (χ2n) is 20.5. The van der Waals surface area contributed by atoms with Gasteiger partial charge in [-0.05, 0) is 60.8 Å². The van der Waals surface area contributed by atoms with Gasteiger partial charge in [-0.25, -0.2) is 4.79 Å². The molecule has 9 unspecified atom stereocenters. The van der Waals surface area contributed by atoms with E-state index >= 15 is 0 Å². The molecular weight excluding hydrogens is 1010 g/mol. The highest BCUT2D eigenvalue weighted by Gasteiger charge is 2.42. The normalized spacial score (nSPS) is 16.5. The van der Waals surface area contributed by atoms with E-state index in [1.54, 1.807) is 89.9 Å². The molecule has 0 saturated carbocycles. The van der Waals surface area contributed by atoms with Gasteiger partial charge in [-0.1, -0.05) is 90.9 Å². The first kappa shape index (κ1) is 65.2. The molecule has 77 heavy (non-hydrogen) atoms. The van der Waals surface area contributed by atoms with E-state index in [1.165, 1.54) is 37.9 Å². The number of rotatable bonds is 31. The highest BCUT2D eigenvalue weighted by atomic mass is 32.2. The minimum Gasteiger partial charge on any atom is -0.445 e. The number of aliphatic hydroxyl groups is 1. The quantitative estimate of drug-likeness (QED) is 0.0465. The first-order valence-electron chi connectivity index (χ1n) is 26.3. The van der Waals surface area contributed by atoms with Crippen LogP contribution in [0.1, 0.15) is 98.3 Å². The van der Waals surface area contributed by atoms with Gasteiger partial charge in [0.05, 0.1) is 67.6 Å². The summed E-state index contributed by atoms with van der Waals surface area (Å²) in [5.41, 5.74) is 1.66. The molecule has 8 amide bonds. The third-order valence-electron chi connectivity index (χ3n) is 13.7. The average Bonchev–Trinajstić information content (AvgIpc) is 3.89. The second-order valence-corrected chi connectivity index (χ2v) is 21.6. The van der Waals surface area contributed by atoms with Crippen LogP contribution in [0.4, 0.5) is 10.5 Å². The van der Waals surface area contributed by atoms with Crippen LogP contribution in [-0.2, 0) is 59.2 Å². The maximum Gasteiger partial charge on any atom is 0.410 e. The van der Waals surface area contributed by atoms with Crippen molar-refractivity contribution >= 4 is 71.2 Å². The van der Waals surface area contributed by atoms with Crippen LogP contribution in [0.15, 0.2) is 54.6 Å². The molecule has 428 valence electrons. The summed E-state index contributed by atoms with van der Waals surface area (Å²) in [6.45, 7) is 13.8. The zero-order valence-corrected chi connectivity index (χ0v) is 47.7. The van der Waals surface area contributed by atoms with Crippen LogP contribution in [0.2, 0.25) is 0 Å². The van der Waals surface area contributed by atoms with Gasteiger partial charge in [0.1, 0.15) is 25.0 Å². The molecule has 6 N–H and O–H groups in total. The van der Waals surface area contributed by atoms with Crippen LogP contribution >= 0.6 is 11.8 Å². The molecule has 3 rings (SSSR count). The Labute approximate surface area is 458 Å². The molecule has 0 radical (unpaired) electrons. The molecule has 0 spiro atoms. The van der Waals surface area contributed by atoms with E-state index in [2.05, 4.69) is 26.6 Å². The zero-order chi connectivity index (χ0) is 57.5. The van der Waals surface area contributed by atoms with E-state index in [9.17, 15) is 48.3 Å². The smallest absolute Gasteiger partial charge is 0.410 e. The fourth-order valence-electron chi connectivity index (χ4n) is 9.48. The summed E-state index contributed by atoms with van der Waals surface area (Å²) < 4.78 is 17.4. The number of hydrogen-bond acceptors (Lipinski definition) is 14. The summed E-state index contributed by atoms with van der Waals surface area (Å²) in [7, 11) is 6.00. The number of aliphatic hydroxyl groups excluding tert-OH is 1. The number of benzene rings is 2. The number of anilines is 1. The van der Waals surface area contributed by atoms with Crippen molar-refractivity contribution in [2.75, 3.05) is 64.8 Å². The van der Waals surface area contributed by atoms with E-state index in [0.717, 1.165) is 11.2 Å². The number of ether oxygens (including phenoxy) is 3. The van der Waals surface area contributed by atoms with E-state index in [4.69, 9.17) is 14.2 Å². The van der Waals surface area contributed by atoms with E-state index < -0.39 is 90.7 Å². The van der Waals surface area contributed by atoms with Crippen molar-refractivity contribution in [1.29, 1.82) is 0 Å². The first-order chi connectivity index (χ1) is 36.5. The largest absolute Gasteiger partial charge is 0.445 e. The number of nitrogens with zero attached hydrogens (tertiary/aromatic N) is 3. The number of hydrogen-bond donors (Lipinski definition) is 6. The number of amides is 8. The number of likely N-dealkylation sites (tertiary alicyclic amines) is 1. The minimum atomic E-state index is -1.02. The Kier molecular flexibility index (Phi) is 27.6. The van der Waals surface area contributed by atoms with Gasteiger partial charge in [-0.2, -0.15) is 11.8 Å². The van der Waals surface area contributed by atoms with Crippen LogP contribution in [0.25, 0.3) is 0 Å². The Balaban J connectivity index is 1.54. The number of carbonyl (C=O) groups excluding carboxylic acids is 9. The Morgan fingerprint density at radius 2 is 1.43 bits per heavy atom. The van der Waals surface area contributed by atoms with E-state index in [0.29, 0.717) is 48.4 Å². The molecule has 1 aliphatic rings. The fraction of sp³-hybridized carbons (Fsp3) is 0.618. The van der Waals surface area contributed by atoms with Gasteiger partial charge in [-0.3, -0.25) is 38.5 Å². The molecule has 1 heterocycles. The molecule has 0 bridgehead atoms. The number of thioether (sulfide) groups is 1. The van der Waals surface area contributed by atoms with Gasteiger partial charge in [0.2, 0.25) is 41.4 Å². The van der Waals surface area contributed by atoms with Crippen molar-refractivity contribution in [3.63, 3.8) is 0 Å². The van der Waals surface area contributed by atoms with Crippen molar-refractivity contribution in [1.82, 2.24) is 36.0 Å².